The molecule has 0 saturated heterocycles. The summed E-state index contributed by atoms with van der Waals surface area (Å²) >= 11 is 0. The highest BCUT2D eigenvalue weighted by Gasteiger charge is 2.08. The van der Waals surface area contributed by atoms with Crippen molar-refractivity contribution in [1.82, 2.24) is 15.0 Å². The Morgan fingerprint density at radius 1 is 0.857 bits per heavy atom. The SMILES string of the molecule is c1ccc(/C(=N/Nc2ccccn2)c2ccncn2)cc1. The second kappa shape index (κ2) is 6.38. The van der Waals surface area contributed by atoms with Crippen molar-refractivity contribution in [1.29, 1.82) is 0 Å². The van der Waals surface area contributed by atoms with Crippen molar-refractivity contribution in [3.05, 3.63) is 84.6 Å². The van der Waals surface area contributed by atoms with Crippen molar-refractivity contribution < 1.29 is 0 Å². The van der Waals surface area contributed by atoms with Crippen LogP contribution >= 0.6 is 0 Å². The zero-order valence-corrected chi connectivity index (χ0v) is 11.2. The van der Waals surface area contributed by atoms with E-state index < -0.39 is 0 Å². The second-order valence-electron chi connectivity index (χ2n) is 4.25. The van der Waals surface area contributed by atoms with Gasteiger partial charge in [-0.2, -0.15) is 5.10 Å². The van der Waals surface area contributed by atoms with E-state index in [1.54, 1.807) is 12.4 Å². The molecule has 2 aromatic heterocycles. The highest BCUT2D eigenvalue weighted by atomic mass is 15.3. The average molecular weight is 275 g/mol. The molecule has 0 atom stereocenters. The van der Waals surface area contributed by atoms with Gasteiger partial charge in [0.2, 0.25) is 0 Å². The van der Waals surface area contributed by atoms with Crippen LogP contribution in [0.15, 0.2) is 78.4 Å². The number of hydrazone groups is 1. The number of anilines is 1. The lowest BCUT2D eigenvalue weighted by Crippen LogP contribution is -2.09. The van der Waals surface area contributed by atoms with Crippen LogP contribution in [0.2, 0.25) is 0 Å². The summed E-state index contributed by atoms with van der Waals surface area (Å²) in [5.74, 6) is 0.681. The second-order valence-corrected chi connectivity index (χ2v) is 4.25. The van der Waals surface area contributed by atoms with E-state index in [0.29, 0.717) is 5.82 Å². The zero-order valence-electron chi connectivity index (χ0n) is 11.2. The summed E-state index contributed by atoms with van der Waals surface area (Å²) in [6.07, 6.45) is 4.92. The van der Waals surface area contributed by atoms with E-state index >= 15 is 0 Å². The molecule has 0 unspecified atom stereocenters. The number of pyridine rings is 1. The fraction of sp³-hybridized carbons (Fsp3) is 0. The highest BCUT2D eigenvalue weighted by molar-refractivity contribution is 6.11. The molecule has 0 aliphatic carbocycles. The van der Waals surface area contributed by atoms with E-state index in [4.69, 9.17) is 0 Å². The monoisotopic (exact) mass is 275 g/mol. The molecule has 5 heteroatoms. The van der Waals surface area contributed by atoms with E-state index in [-0.39, 0.29) is 0 Å². The van der Waals surface area contributed by atoms with Gasteiger partial charge in [-0.25, -0.2) is 15.0 Å². The van der Waals surface area contributed by atoms with Gasteiger partial charge in [0.15, 0.2) is 0 Å². The van der Waals surface area contributed by atoms with Gasteiger partial charge < -0.3 is 0 Å². The normalized spacial score (nSPS) is 11.1. The summed E-state index contributed by atoms with van der Waals surface area (Å²) in [5, 5.41) is 4.45. The van der Waals surface area contributed by atoms with Gasteiger partial charge in [0.25, 0.3) is 0 Å². The van der Waals surface area contributed by atoms with Crippen molar-refractivity contribution in [3.63, 3.8) is 0 Å². The Balaban J connectivity index is 1.97. The molecule has 5 nitrogen and oxygen atoms in total. The molecule has 0 bridgehead atoms. The number of benzene rings is 1. The Hall–Kier alpha value is -3.08. The maximum absolute atomic E-state index is 4.45. The van der Waals surface area contributed by atoms with Crippen molar-refractivity contribution in [2.75, 3.05) is 5.43 Å². The molecule has 1 N–H and O–H groups in total. The van der Waals surface area contributed by atoms with Crippen LogP contribution in [0.1, 0.15) is 11.3 Å². The predicted molar refractivity (Wildman–Crippen MR) is 82.0 cm³/mol. The first-order chi connectivity index (χ1) is 10.4. The summed E-state index contributed by atoms with van der Waals surface area (Å²) in [7, 11) is 0. The van der Waals surface area contributed by atoms with Gasteiger partial charge in [-0.15, -0.1) is 0 Å². The van der Waals surface area contributed by atoms with Crippen molar-refractivity contribution in [2.24, 2.45) is 5.10 Å². The van der Waals surface area contributed by atoms with E-state index in [1.807, 2.05) is 54.6 Å². The number of rotatable bonds is 4. The van der Waals surface area contributed by atoms with Crippen LogP contribution in [-0.2, 0) is 0 Å². The first kappa shape index (κ1) is 12.9. The predicted octanol–water partition coefficient (Wildman–Crippen LogP) is 2.74. The molecule has 21 heavy (non-hydrogen) atoms. The number of hydrogen-bond donors (Lipinski definition) is 1. The summed E-state index contributed by atoms with van der Waals surface area (Å²) in [5.41, 5.74) is 5.42. The lowest BCUT2D eigenvalue weighted by atomic mass is 10.1. The van der Waals surface area contributed by atoms with Crippen LogP contribution in [0.3, 0.4) is 0 Å². The van der Waals surface area contributed by atoms with Crippen molar-refractivity contribution >= 4 is 11.5 Å². The minimum atomic E-state index is 0.681. The molecule has 2 heterocycles. The molecule has 0 amide bonds. The van der Waals surface area contributed by atoms with E-state index in [2.05, 4.69) is 25.5 Å². The molecular weight excluding hydrogens is 262 g/mol. The van der Waals surface area contributed by atoms with Gasteiger partial charge in [-0.3, -0.25) is 5.43 Å². The van der Waals surface area contributed by atoms with Gasteiger partial charge in [0.1, 0.15) is 17.9 Å². The van der Waals surface area contributed by atoms with Gasteiger partial charge in [-0.1, -0.05) is 36.4 Å². The molecule has 0 radical (unpaired) electrons. The standard InChI is InChI=1S/C16H13N5/c1-2-6-13(7-3-1)16(14-9-11-17-12-19-14)21-20-15-8-4-5-10-18-15/h1-12H,(H,18,20)/b21-16-. The average Bonchev–Trinajstić information content (AvgIpc) is 2.58. The summed E-state index contributed by atoms with van der Waals surface area (Å²) in [4.78, 5) is 12.4. The van der Waals surface area contributed by atoms with Crippen LogP contribution in [0, 0.1) is 0 Å². The lowest BCUT2D eigenvalue weighted by Gasteiger charge is -2.06. The van der Waals surface area contributed by atoms with Gasteiger partial charge >= 0.3 is 0 Å². The minimum Gasteiger partial charge on any atom is -0.261 e. The molecule has 0 aliphatic heterocycles. The minimum absolute atomic E-state index is 0.681. The Labute approximate surface area is 122 Å². The fourth-order valence-corrected chi connectivity index (χ4v) is 1.84. The van der Waals surface area contributed by atoms with Gasteiger partial charge in [0.05, 0.1) is 5.69 Å². The van der Waals surface area contributed by atoms with Crippen LogP contribution in [0.5, 0.6) is 0 Å². The summed E-state index contributed by atoms with van der Waals surface area (Å²) < 4.78 is 0. The van der Waals surface area contributed by atoms with E-state index in [0.717, 1.165) is 17.0 Å². The fourth-order valence-electron chi connectivity index (χ4n) is 1.84. The Morgan fingerprint density at radius 3 is 2.43 bits per heavy atom. The van der Waals surface area contributed by atoms with Crippen molar-refractivity contribution in [3.8, 4) is 0 Å². The third-order valence-electron chi connectivity index (χ3n) is 2.82. The largest absolute Gasteiger partial charge is 0.261 e. The van der Waals surface area contributed by atoms with Gasteiger partial charge in [0, 0.05) is 18.0 Å². The number of hydrogen-bond acceptors (Lipinski definition) is 5. The first-order valence-electron chi connectivity index (χ1n) is 6.50. The maximum atomic E-state index is 4.45. The Bertz CT molecular complexity index is 670. The zero-order chi connectivity index (χ0) is 14.3. The van der Waals surface area contributed by atoms with Crippen LogP contribution in [0.25, 0.3) is 0 Å². The van der Waals surface area contributed by atoms with E-state index in [9.17, 15) is 0 Å². The molecule has 0 saturated carbocycles. The third-order valence-corrected chi connectivity index (χ3v) is 2.82. The van der Waals surface area contributed by atoms with E-state index in [1.165, 1.54) is 6.33 Å². The molecule has 102 valence electrons. The molecule has 0 aliphatic rings. The number of aromatic nitrogens is 3. The van der Waals surface area contributed by atoms with Crippen LogP contribution in [-0.4, -0.2) is 20.7 Å². The maximum Gasteiger partial charge on any atom is 0.146 e. The van der Waals surface area contributed by atoms with Gasteiger partial charge in [-0.05, 0) is 18.2 Å². The molecule has 1 aromatic carbocycles. The quantitative estimate of drug-likeness (QED) is 0.587. The topological polar surface area (TPSA) is 63.1 Å². The number of nitrogens with zero attached hydrogens (tertiary/aromatic N) is 4. The smallest absolute Gasteiger partial charge is 0.146 e. The first-order valence-corrected chi connectivity index (χ1v) is 6.50. The van der Waals surface area contributed by atoms with Crippen LogP contribution in [0.4, 0.5) is 5.82 Å². The molecule has 0 fully saturated rings. The van der Waals surface area contributed by atoms with Crippen LogP contribution < -0.4 is 5.43 Å². The highest BCUT2D eigenvalue weighted by Crippen LogP contribution is 2.09. The summed E-state index contributed by atoms with van der Waals surface area (Å²) in [6.45, 7) is 0. The Kier molecular flexibility index (Phi) is 3.93. The Morgan fingerprint density at radius 2 is 1.71 bits per heavy atom. The van der Waals surface area contributed by atoms with Crippen molar-refractivity contribution in [2.45, 2.75) is 0 Å². The third kappa shape index (κ3) is 3.27. The molecular formula is C16H13N5. The molecule has 0 spiro atoms. The molecule has 3 aromatic rings. The summed E-state index contributed by atoms with van der Waals surface area (Å²) in [6, 6.07) is 17.3. The molecule has 3 rings (SSSR count). The lowest BCUT2D eigenvalue weighted by molar-refractivity contribution is 1.14. The number of nitrogens with one attached hydrogen (secondary N) is 1.